The molecule has 0 fully saturated rings. The third kappa shape index (κ3) is 6.63. The van der Waals surface area contributed by atoms with Crippen molar-refractivity contribution < 1.29 is 27.8 Å². The maximum absolute atomic E-state index is 12.3. The number of carboxylic acids is 1. The summed E-state index contributed by atoms with van der Waals surface area (Å²) in [6.45, 7) is 5.29. The fraction of sp³-hybridized carbons (Fsp3) is 0.286. The standard InChI is InChI=1S/C21H19F3N2O3S3/c1-12-10-15(8-9-16(12)31-20(2,3)19(27)28)30-11-17-25-18(26-32-17)13-4-6-14(7-5-13)29-21(22,23)24/h4-10H,11H2,1-3H3,(H,27,28). The SMILES string of the molecule is Cc1cc(SCc2nc(-c3ccc(OC(F)(F)F)cc3)ns2)ccc1SC(C)(C)C(=O)O. The average Bonchev–Trinajstić information content (AvgIpc) is 3.16. The predicted molar refractivity (Wildman–Crippen MR) is 120 cm³/mol. The van der Waals surface area contributed by atoms with Gasteiger partial charge in [-0.1, -0.05) is 0 Å². The summed E-state index contributed by atoms with van der Waals surface area (Å²) in [4.78, 5) is 17.7. The summed E-state index contributed by atoms with van der Waals surface area (Å²) in [5.41, 5.74) is 1.60. The van der Waals surface area contributed by atoms with Gasteiger partial charge in [-0.15, -0.1) is 36.7 Å². The van der Waals surface area contributed by atoms with Crippen LogP contribution in [0.5, 0.6) is 5.75 Å². The van der Waals surface area contributed by atoms with Crippen molar-refractivity contribution in [1.29, 1.82) is 0 Å². The highest BCUT2D eigenvalue weighted by Gasteiger charge is 2.31. The minimum absolute atomic E-state index is 0.295. The van der Waals surface area contributed by atoms with Crippen LogP contribution in [-0.2, 0) is 10.5 Å². The monoisotopic (exact) mass is 500 g/mol. The Balaban J connectivity index is 1.62. The first-order chi connectivity index (χ1) is 14.9. The summed E-state index contributed by atoms with van der Waals surface area (Å²) in [5.74, 6) is -0.131. The van der Waals surface area contributed by atoms with Crippen LogP contribution in [0.2, 0.25) is 0 Å². The molecule has 1 aromatic heterocycles. The molecule has 0 saturated carbocycles. The molecule has 3 rings (SSSR count). The van der Waals surface area contributed by atoms with Gasteiger partial charge in [0.1, 0.15) is 15.5 Å². The average molecular weight is 501 g/mol. The number of ether oxygens (including phenoxy) is 1. The first-order valence-corrected chi connectivity index (χ1v) is 11.8. The molecular weight excluding hydrogens is 481 g/mol. The highest BCUT2D eigenvalue weighted by molar-refractivity contribution is 8.01. The van der Waals surface area contributed by atoms with Crippen molar-refractivity contribution in [2.75, 3.05) is 0 Å². The molecule has 0 aliphatic carbocycles. The van der Waals surface area contributed by atoms with E-state index in [1.54, 1.807) is 25.6 Å². The van der Waals surface area contributed by atoms with E-state index in [1.165, 1.54) is 47.6 Å². The zero-order valence-electron chi connectivity index (χ0n) is 17.3. The molecule has 5 nitrogen and oxygen atoms in total. The number of hydrogen-bond donors (Lipinski definition) is 1. The van der Waals surface area contributed by atoms with Crippen LogP contribution >= 0.6 is 35.1 Å². The van der Waals surface area contributed by atoms with Crippen molar-refractivity contribution in [3.63, 3.8) is 0 Å². The van der Waals surface area contributed by atoms with Crippen molar-refractivity contribution in [2.45, 2.75) is 47.4 Å². The van der Waals surface area contributed by atoms with Gasteiger partial charge < -0.3 is 9.84 Å². The minimum Gasteiger partial charge on any atom is -0.480 e. The largest absolute Gasteiger partial charge is 0.573 e. The van der Waals surface area contributed by atoms with Gasteiger partial charge in [-0.3, -0.25) is 4.79 Å². The van der Waals surface area contributed by atoms with E-state index >= 15 is 0 Å². The number of benzene rings is 2. The Labute approximate surface area is 195 Å². The van der Waals surface area contributed by atoms with Gasteiger partial charge >= 0.3 is 12.3 Å². The molecule has 0 atom stereocenters. The van der Waals surface area contributed by atoms with Crippen LogP contribution in [0.3, 0.4) is 0 Å². The van der Waals surface area contributed by atoms with Crippen molar-refractivity contribution in [3.05, 3.63) is 53.0 Å². The molecule has 0 aliphatic rings. The number of hydrogen-bond acceptors (Lipinski definition) is 7. The molecule has 11 heteroatoms. The molecule has 0 aliphatic heterocycles. The smallest absolute Gasteiger partial charge is 0.480 e. The fourth-order valence-electron chi connectivity index (χ4n) is 2.53. The number of carboxylic acid groups (broad SMARTS) is 1. The Bertz CT molecular complexity index is 1100. The summed E-state index contributed by atoms with van der Waals surface area (Å²) in [5, 5.41) is 10.1. The van der Waals surface area contributed by atoms with Crippen LogP contribution in [0.15, 0.2) is 52.3 Å². The zero-order chi connectivity index (χ0) is 23.5. The Morgan fingerprint density at radius 2 is 1.84 bits per heavy atom. The van der Waals surface area contributed by atoms with Crippen LogP contribution in [0.1, 0.15) is 24.4 Å². The minimum atomic E-state index is -4.73. The number of rotatable bonds is 8. The molecule has 0 unspecified atom stereocenters. The molecule has 0 saturated heterocycles. The molecule has 170 valence electrons. The van der Waals surface area contributed by atoms with E-state index in [4.69, 9.17) is 0 Å². The summed E-state index contributed by atoms with van der Waals surface area (Å²) >= 11 is 4.12. The number of alkyl halides is 3. The number of nitrogens with zero attached hydrogens (tertiary/aromatic N) is 2. The van der Waals surface area contributed by atoms with E-state index < -0.39 is 17.1 Å². The van der Waals surface area contributed by atoms with E-state index in [9.17, 15) is 23.1 Å². The third-order valence-electron chi connectivity index (χ3n) is 4.20. The lowest BCUT2D eigenvalue weighted by Crippen LogP contribution is -2.27. The van der Waals surface area contributed by atoms with E-state index in [1.807, 2.05) is 25.1 Å². The lowest BCUT2D eigenvalue weighted by atomic mass is 10.2. The topological polar surface area (TPSA) is 72.3 Å². The third-order valence-corrected chi connectivity index (χ3v) is 7.46. The van der Waals surface area contributed by atoms with Crippen molar-refractivity contribution >= 4 is 41.0 Å². The lowest BCUT2D eigenvalue weighted by molar-refractivity contribution is -0.274. The second-order valence-corrected chi connectivity index (χ2v) is 10.8. The van der Waals surface area contributed by atoms with Gasteiger partial charge in [0.15, 0.2) is 5.82 Å². The first-order valence-electron chi connectivity index (χ1n) is 9.27. The molecule has 0 bridgehead atoms. The number of aromatic nitrogens is 2. The Kier molecular flexibility index (Phi) is 7.41. The van der Waals surface area contributed by atoms with Crippen molar-refractivity contribution in [2.24, 2.45) is 0 Å². The van der Waals surface area contributed by atoms with E-state index in [0.29, 0.717) is 17.1 Å². The van der Waals surface area contributed by atoms with Crippen LogP contribution in [0.4, 0.5) is 13.2 Å². The maximum atomic E-state index is 12.3. The summed E-state index contributed by atoms with van der Waals surface area (Å²) in [6.07, 6.45) is -4.73. The number of halogens is 3. The normalized spacial score (nSPS) is 12.1. The molecule has 0 spiro atoms. The van der Waals surface area contributed by atoms with Crippen LogP contribution < -0.4 is 4.74 Å². The van der Waals surface area contributed by atoms with Crippen LogP contribution in [-0.4, -0.2) is 31.5 Å². The zero-order valence-corrected chi connectivity index (χ0v) is 19.7. The van der Waals surface area contributed by atoms with Gasteiger partial charge in [0.2, 0.25) is 0 Å². The Hall–Kier alpha value is -2.24. The van der Waals surface area contributed by atoms with Crippen LogP contribution in [0, 0.1) is 6.92 Å². The molecule has 1 heterocycles. The van der Waals surface area contributed by atoms with Gasteiger partial charge in [-0.25, -0.2) is 4.98 Å². The van der Waals surface area contributed by atoms with Crippen LogP contribution in [0.25, 0.3) is 11.4 Å². The van der Waals surface area contributed by atoms with E-state index in [2.05, 4.69) is 14.1 Å². The highest BCUT2D eigenvalue weighted by atomic mass is 32.2. The lowest BCUT2D eigenvalue weighted by Gasteiger charge is -2.19. The molecule has 0 radical (unpaired) electrons. The van der Waals surface area contributed by atoms with E-state index in [0.717, 1.165) is 20.4 Å². The quantitative estimate of drug-likeness (QED) is 0.347. The highest BCUT2D eigenvalue weighted by Crippen LogP contribution is 2.37. The molecule has 32 heavy (non-hydrogen) atoms. The number of aliphatic carboxylic acids is 1. The number of carbonyl (C=O) groups is 1. The van der Waals surface area contributed by atoms with Crippen molar-refractivity contribution in [1.82, 2.24) is 9.36 Å². The number of thioether (sulfide) groups is 2. The van der Waals surface area contributed by atoms with Gasteiger partial charge in [-0.2, -0.15) is 4.37 Å². The van der Waals surface area contributed by atoms with Gasteiger partial charge in [0.25, 0.3) is 0 Å². The summed E-state index contributed by atoms with van der Waals surface area (Å²) in [6, 6.07) is 11.3. The molecule has 0 amide bonds. The fourth-order valence-corrected chi connectivity index (χ4v) is 5.15. The molecule has 2 aromatic carbocycles. The Morgan fingerprint density at radius 1 is 1.16 bits per heavy atom. The number of aryl methyl sites for hydroxylation is 1. The second-order valence-electron chi connectivity index (χ2n) is 7.22. The van der Waals surface area contributed by atoms with Gasteiger partial charge in [0.05, 0.1) is 5.75 Å². The predicted octanol–water partition coefficient (Wildman–Crippen LogP) is 6.66. The summed E-state index contributed by atoms with van der Waals surface area (Å²) < 4.78 is 44.1. The molecular formula is C21H19F3N2O3S3. The maximum Gasteiger partial charge on any atom is 0.573 e. The summed E-state index contributed by atoms with van der Waals surface area (Å²) in [7, 11) is 0. The van der Waals surface area contributed by atoms with E-state index in [-0.39, 0.29) is 5.75 Å². The Morgan fingerprint density at radius 3 is 2.44 bits per heavy atom. The van der Waals surface area contributed by atoms with Gasteiger partial charge in [0, 0.05) is 15.4 Å². The second kappa shape index (κ2) is 9.72. The molecule has 3 aromatic rings. The first kappa shape index (κ1) is 24.4. The molecule has 1 N–H and O–H groups in total. The van der Waals surface area contributed by atoms with Gasteiger partial charge in [-0.05, 0) is 80.3 Å². The van der Waals surface area contributed by atoms with Crippen molar-refractivity contribution in [3.8, 4) is 17.1 Å².